The van der Waals surface area contributed by atoms with Crippen LogP contribution in [0.5, 0.6) is 0 Å². The Morgan fingerprint density at radius 2 is 1.52 bits per heavy atom. The number of nitrogens with zero attached hydrogens (tertiary/aromatic N) is 3. The zero-order valence-corrected chi connectivity index (χ0v) is 25.7. The number of aryl methyl sites for hydroxylation is 1. The number of amides is 2. The second-order valence-electron chi connectivity index (χ2n) is 11.3. The Kier molecular flexibility index (Phi) is 7.48. The van der Waals surface area contributed by atoms with E-state index in [9.17, 15) is 9.59 Å². The Balaban J connectivity index is 1.32. The van der Waals surface area contributed by atoms with E-state index in [-0.39, 0.29) is 5.04 Å². The van der Waals surface area contributed by atoms with E-state index in [2.05, 4.69) is 89.2 Å². The molecule has 0 saturated carbocycles. The predicted octanol–water partition coefficient (Wildman–Crippen LogP) is 5.03. The second-order valence-corrected chi connectivity index (χ2v) is 16.5. The lowest BCUT2D eigenvalue weighted by molar-refractivity contribution is -0.122. The Hall–Kier alpha value is -4.18. The Bertz CT molecular complexity index is 1740. The molecule has 2 aromatic carbocycles. The van der Waals surface area contributed by atoms with Gasteiger partial charge in [-0.1, -0.05) is 81.4 Å². The van der Waals surface area contributed by atoms with E-state index in [0.717, 1.165) is 17.5 Å². The predicted molar refractivity (Wildman–Crippen MR) is 170 cm³/mol. The van der Waals surface area contributed by atoms with Crippen molar-refractivity contribution in [3.63, 3.8) is 0 Å². The van der Waals surface area contributed by atoms with Gasteiger partial charge in [0.05, 0.1) is 11.1 Å². The molecule has 0 bridgehead atoms. The molecule has 0 radical (unpaired) electrons. The summed E-state index contributed by atoms with van der Waals surface area (Å²) in [6.07, 6.45) is 6.06. The summed E-state index contributed by atoms with van der Waals surface area (Å²) in [5.74, 6) is -0.837. The summed E-state index contributed by atoms with van der Waals surface area (Å²) in [6.45, 7) is 8.02. The Morgan fingerprint density at radius 1 is 0.857 bits per heavy atom. The minimum absolute atomic E-state index is 0.106. The highest BCUT2D eigenvalue weighted by atomic mass is 32.1. The van der Waals surface area contributed by atoms with Crippen molar-refractivity contribution >= 4 is 64.0 Å². The van der Waals surface area contributed by atoms with E-state index in [4.69, 9.17) is 4.43 Å². The van der Waals surface area contributed by atoms with E-state index in [1.165, 1.54) is 21.7 Å². The van der Waals surface area contributed by atoms with Gasteiger partial charge in [-0.25, -0.2) is 9.97 Å². The van der Waals surface area contributed by atoms with E-state index in [0.29, 0.717) is 34.9 Å². The number of carbonyl (C=O) groups is 2. The molecule has 0 aliphatic carbocycles. The summed E-state index contributed by atoms with van der Waals surface area (Å²) in [6, 6.07) is 25.0. The highest BCUT2D eigenvalue weighted by Gasteiger charge is 2.50. The molecule has 0 fully saturated rings. The lowest BCUT2D eigenvalue weighted by Crippen LogP contribution is -2.66. The van der Waals surface area contributed by atoms with Gasteiger partial charge in [0.1, 0.15) is 10.7 Å². The maximum absolute atomic E-state index is 13.0. The minimum atomic E-state index is -2.64. The van der Waals surface area contributed by atoms with Crippen molar-refractivity contribution < 1.29 is 14.0 Å². The third kappa shape index (κ3) is 4.83. The summed E-state index contributed by atoms with van der Waals surface area (Å²) in [5, 5.41) is 7.99. The summed E-state index contributed by atoms with van der Waals surface area (Å²) < 4.78 is 9.14. The summed E-state index contributed by atoms with van der Waals surface area (Å²) in [4.78, 5) is 34.7. The number of carbonyl (C=O) groups excluding carboxylic acids is 2. The van der Waals surface area contributed by atoms with Crippen LogP contribution in [-0.2, 0) is 20.6 Å². The van der Waals surface area contributed by atoms with Gasteiger partial charge >= 0.3 is 0 Å². The van der Waals surface area contributed by atoms with E-state index < -0.39 is 20.1 Å². The highest BCUT2D eigenvalue weighted by Crippen LogP contribution is 2.38. The SMILES string of the molecule is CC(C)(C)[Si](OCCCn1cc(C2=C(c3nccs3)C(=O)NC2=O)c2cccnc21)(c1ccccc1)c1ccccc1. The first-order valence-electron chi connectivity index (χ1n) is 14.0. The first kappa shape index (κ1) is 28.0. The first-order valence-corrected chi connectivity index (χ1v) is 16.8. The molecule has 0 atom stereocenters. The fourth-order valence-electron chi connectivity index (χ4n) is 5.98. The lowest BCUT2D eigenvalue weighted by Gasteiger charge is -2.43. The van der Waals surface area contributed by atoms with Crippen LogP contribution < -0.4 is 15.7 Å². The van der Waals surface area contributed by atoms with Gasteiger partial charge in [0, 0.05) is 48.1 Å². The molecule has 7 nitrogen and oxygen atoms in total. The number of pyridine rings is 1. The number of benzene rings is 2. The van der Waals surface area contributed by atoms with Gasteiger partial charge in [-0.2, -0.15) is 0 Å². The smallest absolute Gasteiger partial charge is 0.262 e. The van der Waals surface area contributed by atoms with Crippen LogP contribution in [0.2, 0.25) is 5.04 Å². The molecule has 1 aliphatic rings. The Morgan fingerprint density at radius 3 is 2.14 bits per heavy atom. The number of hydrogen-bond acceptors (Lipinski definition) is 6. The molecule has 2 amide bonds. The third-order valence-corrected chi connectivity index (χ3v) is 13.6. The van der Waals surface area contributed by atoms with E-state index in [1.54, 1.807) is 17.8 Å². The van der Waals surface area contributed by atoms with Crippen LogP contribution in [-0.4, -0.2) is 41.3 Å². The maximum Gasteiger partial charge on any atom is 0.262 e. The molecule has 212 valence electrons. The van der Waals surface area contributed by atoms with Crippen LogP contribution in [0.15, 0.2) is 96.8 Å². The lowest BCUT2D eigenvalue weighted by atomic mass is 10.0. The number of nitrogens with one attached hydrogen (secondary N) is 1. The van der Waals surface area contributed by atoms with Gasteiger partial charge in [0.15, 0.2) is 0 Å². The second kappa shape index (κ2) is 11.2. The van der Waals surface area contributed by atoms with Gasteiger partial charge in [-0.3, -0.25) is 14.9 Å². The van der Waals surface area contributed by atoms with Crippen LogP contribution in [0.3, 0.4) is 0 Å². The van der Waals surface area contributed by atoms with Crippen LogP contribution >= 0.6 is 11.3 Å². The zero-order valence-electron chi connectivity index (χ0n) is 23.8. The van der Waals surface area contributed by atoms with Crippen molar-refractivity contribution in [3.8, 4) is 0 Å². The fourth-order valence-corrected chi connectivity index (χ4v) is 11.3. The van der Waals surface area contributed by atoms with Crippen molar-refractivity contribution in [1.29, 1.82) is 0 Å². The molecule has 1 N–H and O–H groups in total. The zero-order chi connectivity index (χ0) is 29.3. The fraction of sp³-hybridized carbons (Fsp3) is 0.212. The number of aromatic nitrogens is 3. The molecule has 9 heteroatoms. The topological polar surface area (TPSA) is 86.1 Å². The molecule has 5 aromatic rings. The van der Waals surface area contributed by atoms with Gasteiger partial charge in [-0.15, -0.1) is 11.3 Å². The maximum atomic E-state index is 13.0. The molecule has 4 heterocycles. The van der Waals surface area contributed by atoms with Crippen molar-refractivity contribution in [2.24, 2.45) is 0 Å². The number of rotatable bonds is 9. The summed E-state index contributed by atoms with van der Waals surface area (Å²) in [5.41, 5.74) is 2.10. The average molecular weight is 593 g/mol. The van der Waals surface area contributed by atoms with Crippen LogP contribution in [0.4, 0.5) is 0 Å². The van der Waals surface area contributed by atoms with Crippen LogP contribution in [0, 0.1) is 0 Å². The normalized spacial score (nSPS) is 14.2. The molecule has 6 rings (SSSR count). The van der Waals surface area contributed by atoms with E-state index >= 15 is 0 Å². The van der Waals surface area contributed by atoms with Crippen LogP contribution in [0.25, 0.3) is 22.2 Å². The summed E-state index contributed by atoms with van der Waals surface area (Å²) in [7, 11) is -2.64. The average Bonchev–Trinajstić information content (AvgIpc) is 3.71. The van der Waals surface area contributed by atoms with Gasteiger partial charge in [0.2, 0.25) is 0 Å². The minimum Gasteiger partial charge on any atom is -0.407 e. The molecule has 1 aliphatic heterocycles. The van der Waals surface area contributed by atoms with Crippen LogP contribution in [0.1, 0.15) is 37.8 Å². The number of hydrogen-bond donors (Lipinski definition) is 1. The molecule has 0 saturated heterocycles. The summed E-state index contributed by atoms with van der Waals surface area (Å²) >= 11 is 1.34. The monoisotopic (exact) mass is 592 g/mol. The molecule has 0 unspecified atom stereocenters. The first-order chi connectivity index (χ1) is 20.3. The van der Waals surface area contributed by atoms with E-state index in [1.807, 2.05) is 30.5 Å². The number of imide groups is 1. The van der Waals surface area contributed by atoms with Crippen molar-refractivity contribution in [2.45, 2.75) is 38.8 Å². The Labute approximate surface area is 250 Å². The third-order valence-electron chi connectivity index (χ3n) is 7.76. The number of fused-ring (bicyclic) bond motifs is 1. The quantitative estimate of drug-likeness (QED) is 0.148. The van der Waals surface area contributed by atoms with Crippen molar-refractivity contribution in [2.75, 3.05) is 6.61 Å². The van der Waals surface area contributed by atoms with Crippen molar-refractivity contribution in [3.05, 3.63) is 107 Å². The molecule has 42 heavy (non-hydrogen) atoms. The van der Waals surface area contributed by atoms with Gasteiger partial charge in [0.25, 0.3) is 20.1 Å². The molecular formula is C33H32N4O3SSi. The standard InChI is InChI=1S/C33H32N4O3SSi/c1-33(2,3)42(23-12-6-4-7-13-23,24-14-8-5-9-15-24)40-20-11-19-37-22-26(25-16-10-17-34-29(25)37)27-28(31(39)36-30(27)38)32-35-18-21-41-32/h4-10,12-18,21-22H,11,19-20H2,1-3H3,(H,36,38,39). The highest BCUT2D eigenvalue weighted by molar-refractivity contribution is 7.11. The van der Waals surface area contributed by atoms with Gasteiger partial charge in [-0.05, 0) is 34.0 Å². The molecular weight excluding hydrogens is 561 g/mol. The van der Waals surface area contributed by atoms with Crippen molar-refractivity contribution in [1.82, 2.24) is 19.9 Å². The molecule has 3 aromatic heterocycles. The molecule has 0 spiro atoms. The number of thiazole rings is 1. The largest absolute Gasteiger partial charge is 0.407 e. The van der Waals surface area contributed by atoms with Gasteiger partial charge < -0.3 is 8.99 Å².